The van der Waals surface area contributed by atoms with Crippen molar-refractivity contribution in [2.45, 2.75) is 17.4 Å². The van der Waals surface area contributed by atoms with E-state index in [1.807, 2.05) is 24.6 Å². The molecule has 0 saturated carbocycles. The Balaban J connectivity index is 2.53. The minimum absolute atomic E-state index is 0.0327. The number of benzene rings is 1. The van der Waals surface area contributed by atoms with Crippen LogP contribution >= 0.6 is 23.5 Å². The number of nitrogens with one attached hydrogen (secondary N) is 2. The molecule has 5 nitrogen and oxygen atoms in total. The molecule has 2 amide bonds. The fourth-order valence-electron chi connectivity index (χ4n) is 1.60. The number of thioether (sulfide) groups is 2. The third kappa shape index (κ3) is 6.41. The second-order valence-corrected chi connectivity index (χ2v) is 6.54. The first-order valence-corrected chi connectivity index (χ1v) is 8.94. The lowest BCUT2D eigenvalue weighted by Crippen LogP contribution is -2.45. The van der Waals surface area contributed by atoms with Crippen molar-refractivity contribution in [1.29, 1.82) is 0 Å². The van der Waals surface area contributed by atoms with Gasteiger partial charge in [-0.2, -0.15) is 11.8 Å². The summed E-state index contributed by atoms with van der Waals surface area (Å²) in [5.41, 5.74) is -0.466. The Labute approximate surface area is 133 Å². The number of anilines is 1. The van der Waals surface area contributed by atoms with E-state index in [1.165, 1.54) is 11.8 Å². The summed E-state index contributed by atoms with van der Waals surface area (Å²) < 4.78 is 0. The molecule has 0 unspecified atom stereocenters. The first-order valence-electron chi connectivity index (χ1n) is 6.32. The molecule has 0 spiro atoms. The predicted octanol–water partition coefficient (Wildman–Crippen LogP) is 1.58. The summed E-state index contributed by atoms with van der Waals surface area (Å²) in [5.74, 6) is -1.02. The minimum atomic E-state index is -1.03. The average Bonchev–Trinajstić information content (AvgIpc) is 2.45. The smallest absolute Gasteiger partial charge is 0.313 e. The van der Waals surface area contributed by atoms with Crippen LogP contribution in [0.2, 0.25) is 0 Å². The van der Waals surface area contributed by atoms with Crippen LogP contribution < -0.4 is 10.6 Å². The average molecular weight is 328 g/mol. The topological polar surface area (TPSA) is 78.4 Å². The van der Waals surface area contributed by atoms with Crippen molar-refractivity contribution in [1.82, 2.24) is 5.32 Å². The first-order chi connectivity index (χ1) is 9.88. The predicted molar refractivity (Wildman–Crippen MR) is 88.9 cm³/mol. The SMILES string of the molecule is CSC[C@](C)(O)CNC(=O)C(=O)Nc1cccc(SC)c1. The normalized spacial score (nSPS) is 13.3. The van der Waals surface area contributed by atoms with Crippen LogP contribution in [0.1, 0.15) is 6.92 Å². The lowest BCUT2D eigenvalue weighted by Gasteiger charge is -2.22. The molecule has 0 aliphatic carbocycles. The summed E-state index contributed by atoms with van der Waals surface area (Å²) >= 11 is 3.02. The third-order valence-corrected chi connectivity index (χ3v) is 4.25. The molecule has 0 saturated heterocycles. The molecule has 0 radical (unpaired) electrons. The van der Waals surface area contributed by atoms with Crippen LogP contribution in [0.25, 0.3) is 0 Å². The van der Waals surface area contributed by atoms with Gasteiger partial charge in [-0.15, -0.1) is 11.8 Å². The van der Waals surface area contributed by atoms with Gasteiger partial charge in [0.05, 0.1) is 5.60 Å². The molecule has 1 aromatic rings. The van der Waals surface area contributed by atoms with Gasteiger partial charge in [0, 0.05) is 22.9 Å². The van der Waals surface area contributed by atoms with E-state index in [0.717, 1.165) is 4.90 Å². The van der Waals surface area contributed by atoms with E-state index in [2.05, 4.69) is 10.6 Å². The standard InChI is InChI=1S/C14H20N2O3S2/c1-14(19,9-20-2)8-15-12(17)13(18)16-10-5-4-6-11(7-10)21-3/h4-7,19H,8-9H2,1-3H3,(H,15,17)(H,16,18)/t14-/m1/s1. The number of hydrogen-bond donors (Lipinski definition) is 3. The molecule has 3 N–H and O–H groups in total. The Morgan fingerprint density at radius 3 is 2.62 bits per heavy atom. The number of amides is 2. The number of rotatable bonds is 6. The van der Waals surface area contributed by atoms with E-state index in [-0.39, 0.29) is 6.54 Å². The quantitative estimate of drug-likeness (QED) is 0.546. The molecule has 0 heterocycles. The summed E-state index contributed by atoms with van der Waals surface area (Å²) in [5, 5.41) is 14.9. The van der Waals surface area contributed by atoms with Crippen LogP contribution in [0, 0.1) is 0 Å². The Kier molecular flexibility index (Phi) is 7.07. The van der Waals surface area contributed by atoms with Gasteiger partial charge in [-0.05, 0) is 37.6 Å². The highest BCUT2D eigenvalue weighted by Crippen LogP contribution is 2.18. The fraction of sp³-hybridized carbons (Fsp3) is 0.429. The molecule has 1 atom stereocenters. The molecule has 0 aliphatic heterocycles. The van der Waals surface area contributed by atoms with Gasteiger partial charge >= 0.3 is 11.8 Å². The van der Waals surface area contributed by atoms with Crippen LogP contribution in [0.15, 0.2) is 29.2 Å². The van der Waals surface area contributed by atoms with Crippen molar-refractivity contribution < 1.29 is 14.7 Å². The van der Waals surface area contributed by atoms with Crippen molar-refractivity contribution in [3.63, 3.8) is 0 Å². The van der Waals surface area contributed by atoms with Crippen LogP contribution in [0.5, 0.6) is 0 Å². The van der Waals surface area contributed by atoms with Gasteiger partial charge in [0.1, 0.15) is 0 Å². The van der Waals surface area contributed by atoms with Gasteiger partial charge in [-0.1, -0.05) is 6.07 Å². The van der Waals surface area contributed by atoms with Crippen molar-refractivity contribution in [2.75, 3.05) is 30.1 Å². The van der Waals surface area contributed by atoms with E-state index in [4.69, 9.17) is 0 Å². The fourth-order valence-corrected chi connectivity index (χ4v) is 2.79. The van der Waals surface area contributed by atoms with E-state index >= 15 is 0 Å². The van der Waals surface area contributed by atoms with Crippen LogP contribution in [0.3, 0.4) is 0 Å². The van der Waals surface area contributed by atoms with Gasteiger partial charge in [0.25, 0.3) is 0 Å². The summed E-state index contributed by atoms with van der Waals surface area (Å²) in [7, 11) is 0. The molecule has 1 aromatic carbocycles. The van der Waals surface area contributed by atoms with Crippen LogP contribution in [0.4, 0.5) is 5.69 Å². The van der Waals surface area contributed by atoms with Crippen molar-refractivity contribution in [3.8, 4) is 0 Å². The van der Waals surface area contributed by atoms with E-state index in [1.54, 1.807) is 30.8 Å². The second kappa shape index (κ2) is 8.31. The second-order valence-electron chi connectivity index (χ2n) is 4.80. The lowest BCUT2D eigenvalue weighted by atomic mass is 10.1. The monoisotopic (exact) mass is 328 g/mol. The largest absolute Gasteiger partial charge is 0.387 e. The number of hydrogen-bond acceptors (Lipinski definition) is 5. The number of carbonyl (C=O) groups excluding carboxylic acids is 2. The molecule has 0 aliphatic rings. The Hall–Kier alpha value is -1.18. The Morgan fingerprint density at radius 1 is 1.29 bits per heavy atom. The summed E-state index contributed by atoms with van der Waals surface area (Å²) in [6.07, 6.45) is 3.79. The van der Waals surface area contributed by atoms with E-state index < -0.39 is 17.4 Å². The number of aliphatic hydroxyl groups is 1. The maximum absolute atomic E-state index is 11.8. The summed E-state index contributed by atoms with van der Waals surface area (Å²) in [6.45, 7) is 1.65. The Morgan fingerprint density at radius 2 is 2.00 bits per heavy atom. The molecular formula is C14H20N2O3S2. The molecule has 1 rings (SSSR count). The minimum Gasteiger partial charge on any atom is -0.387 e. The molecular weight excluding hydrogens is 308 g/mol. The molecule has 0 bridgehead atoms. The highest BCUT2D eigenvalue weighted by molar-refractivity contribution is 7.98. The van der Waals surface area contributed by atoms with Gasteiger partial charge in [0.15, 0.2) is 0 Å². The first kappa shape index (κ1) is 17.9. The van der Waals surface area contributed by atoms with Crippen molar-refractivity contribution in [2.24, 2.45) is 0 Å². The molecule has 0 aromatic heterocycles. The maximum atomic E-state index is 11.8. The van der Waals surface area contributed by atoms with Gasteiger partial charge in [0.2, 0.25) is 0 Å². The zero-order valence-electron chi connectivity index (χ0n) is 12.3. The zero-order chi connectivity index (χ0) is 15.9. The van der Waals surface area contributed by atoms with E-state index in [9.17, 15) is 14.7 Å². The third-order valence-electron chi connectivity index (χ3n) is 2.62. The highest BCUT2D eigenvalue weighted by atomic mass is 32.2. The van der Waals surface area contributed by atoms with Gasteiger partial charge in [-0.3, -0.25) is 9.59 Å². The molecule has 0 fully saturated rings. The molecule has 21 heavy (non-hydrogen) atoms. The van der Waals surface area contributed by atoms with Crippen molar-refractivity contribution >= 4 is 41.0 Å². The van der Waals surface area contributed by atoms with Gasteiger partial charge < -0.3 is 15.7 Å². The highest BCUT2D eigenvalue weighted by Gasteiger charge is 2.22. The van der Waals surface area contributed by atoms with Crippen LogP contribution in [-0.4, -0.2) is 47.3 Å². The summed E-state index contributed by atoms with van der Waals surface area (Å²) in [4.78, 5) is 24.5. The maximum Gasteiger partial charge on any atom is 0.313 e. The summed E-state index contributed by atoms with van der Waals surface area (Å²) in [6, 6.07) is 7.23. The Bertz CT molecular complexity index is 507. The number of carbonyl (C=O) groups is 2. The van der Waals surface area contributed by atoms with E-state index in [0.29, 0.717) is 11.4 Å². The molecule has 7 heteroatoms. The molecule has 116 valence electrons. The lowest BCUT2D eigenvalue weighted by molar-refractivity contribution is -0.136. The van der Waals surface area contributed by atoms with Crippen molar-refractivity contribution in [3.05, 3.63) is 24.3 Å². The van der Waals surface area contributed by atoms with Crippen LogP contribution in [-0.2, 0) is 9.59 Å². The van der Waals surface area contributed by atoms with Gasteiger partial charge in [-0.25, -0.2) is 0 Å². The zero-order valence-corrected chi connectivity index (χ0v) is 13.9.